The second kappa shape index (κ2) is 13.8. The fourth-order valence-electron chi connectivity index (χ4n) is 7.15. The van der Waals surface area contributed by atoms with Gasteiger partial charge in [0, 0.05) is 58.8 Å². The third-order valence-corrected chi connectivity index (χ3v) is 11.3. The van der Waals surface area contributed by atoms with E-state index in [9.17, 15) is 0 Å². The average Bonchev–Trinajstić information content (AvgIpc) is 3.36. The van der Waals surface area contributed by atoms with Crippen molar-refractivity contribution in [1.82, 2.24) is 0 Å². The molecule has 4 heterocycles. The molecule has 0 radical (unpaired) electrons. The van der Waals surface area contributed by atoms with Crippen LogP contribution in [0.15, 0.2) is 47.8 Å². The molecule has 0 aromatic heterocycles. The molecule has 0 N–H and O–H groups in total. The number of rotatable bonds is 7. The Morgan fingerprint density at radius 3 is 1.33 bits per heavy atom. The van der Waals surface area contributed by atoms with Gasteiger partial charge in [0.15, 0.2) is 38.6 Å². The normalized spacial score (nSPS) is 22.1. The summed E-state index contributed by atoms with van der Waals surface area (Å²) in [6.45, 7) is 17.4. The van der Waals surface area contributed by atoms with Gasteiger partial charge in [-0.3, -0.25) is 0 Å². The molecule has 2 fully saturated rings. The number of allylic oxidation sites excluding steroid dienone is 4. The largest absolute Gasteiger partial charge is 0.368 e. The lowest BCUT2D eigenvalue weighted by molar-refractivity contribution is -0.544. The number of fused-ring (bicyclic) bond motifs is 2. The third kappa shape index (κ3) is 6.63. The van der Waals surface area contributed by atoms with E-state index in [1.54, 1.807) is 0 Å². The van der Waals surface area contributed by atoms with Gasteiger partial charge < -0.3 is 19.3 Å². The Hall–Kier alpha value is -2.06. The topological polar surface area (TPSA) is 31.0 Å². The van der Waals surface area contributed by atoms with Crippen molar-refractivity contribution in [3.05, 3.63) is 79.0 Å². The number of hydrogen-bond donors (Lipinski definition) is 0. The first-order valence-electron chi connectivity index (χ1n) is 16.3. The van der Waals surface area contributed by atoms with Gasteiger partial charge in [0.2, 0.25) is 0 Å². The van der Waals surface area contributed by atoms with E-state index in [1.807, 2.05) is 24.3 Å². The lowest BCUT2D eigenvalue weighted by Gasteiger charge is -2.28. The summed E-state index contributed by atoms with van der Waals surface area (Å²) in [5.41, 5.74) is 6.75. The average molecular weight is 707 g/mol. The van der Waals surface area contributed by atoms with Gasteiger partial charge in [0.25, 0.3) is 0 Å². The Labute approximate surface area is 293 Å². The number of morpholine rings is 2. The monoisotopic (exact) mass is 704 g/mol. The van der Waals surface area contributed by atoms with Crippen LogP contribution >= 0.6 is 46.4 Å². The van der Waals surface area contributed by atoms with Crippen molar-refractivity contribution in [2.24, 2.45) is 0 Å². The molecule has 2 aromatic rings. The van der Waals surface area contributed by atoms with Crippen molar-refractivity contribution in [1.29, 1.82) is 0 Å². The second-order valence-corrected chi connectivity index (χ2v) is 15.2. The summed E-state index contributed by atoms with van der Waals surface area (Å²) in [5.74, 6) is 0. The van der Waals surface area contributed by atoms with Crippen LogP contribution in [0.3, 0.4) is 0 Å². The molecule has 4 aliphatic rings. The summed E-state index contributed by atoms with van der Waals surface area (Å²) >= 11 is 26.3. The summed E-state index contributed by atoms with van der Waals surface area (Å²) < 4.78 is 15.8. The lowest BCUT2D eigenvalue weighted by atomic mass is 9.84. The van der Waals surface area contributed by atoms with Crippen LogP contribution in [0.2, 0.25) is 20.1 Å². The summed E-state index contributed by atoms with van der Waals surface area (Å²) in [7, 11) is 0. The highest BCUT2D eigenvalue weighted by Crippen LogP contribution is 2.51. The zero-order valence-corrected chi connectivity index (χ0v) is 30.2. The molecule has 0 amide bonds. The highest BCUT2D eigenvalue weighted by Gasteiger charge is 2.42. The molecule has 2 saturated heterocycles. The van der Waals surface area contributed by atoms with Gasteiger partial charge in [-0.15, -0.1) is 0 Å². The predicted octanol–water partition coefficient (Wildman–Crippen LogP) is 7.97. The van der Waals surface area contributed by atoms with Gasteiger partial charge in [0.1, 0.15) is 26.4 Å². The zero-order valence-electron chi connectivity index (χ0n) is 27.2. The standard InChI is InChI=1S/C36H44Cl4N4O2/c1-35(2)25-21-27(37)29(39)23-31(25)43(33(35)7-11-41-13-17-45-18-14-41)9-5-6-10-44-32-24-30(40)28(38)22-26(32)36(3,4)34(44)8-12-42-15-19-46-20-16-42/h7-8,11-12,21-24H,5-6,9-10,13-20H2,1-4H3/q+2. The molecule has 10 heteroatoms. The quantitative estimate of drug-likeness (QED) is 0.216. The van der Waals surface area contributed by atoms with Crippen molar-refractivity contribution in [3.63, 3.8) is 0 Å². The van der Waals surface area contributed by atoms with E-state index in [0.717, 1.165) is 89.9 Å². The maximum atomic E-state index is 6.59. The molecular formula is C36H44Cl4N4O2+2. The van der Waals surface area contributed by atoms with Crippen molar-refractivity contribution in [2.45, 2.75) is 51.4 Å². The van der Waals surface area contributed by atoms with Crippen molar-refractivity contribution >= 4 is 70.2 Å². The first-order chi connectivity index (χ1) is 22.0. The van der Waals surface area contributed by atoms with E-state index in [-0.39, 0.29) is 10.8 Å². The number of benzene rings is 2. The third-order valence-electron chi connectivity index (χ3n) is 9.86. The minimum atomic E-state index is -0.217. The van der Waals surface area contributed by atoms with Crippen LogP contribution in [0, 0.1) is 0 Å². The summed E-state index contributed by atoms with van der Waals surface area (Å²) in [6.07, 6.45) is 11.0. The van der Waals surface area contributed by atoms with E-state index in [2.05, 4.69) is 71.2 Å². The van der Waals surface area contributed by atoms with Crippen molar-refractivity contribution < 1.29 is 18.6 Å². The van der Waals surface area contributed by atoms with Crippen LogP contribution < -0.4 is 9.80 Å². The minimum absolute atomic E-state index is 0.217. The van der Waals surface area contributed by atoms with E-state index in [1.165, 1.54) is 22.5 Å². The van der Waals surface area contributed by atoms with E-state index >= 15 is 0 Å². The molecule has 46 heavy (non-hydrogen) atoms. The Kier molecular flexibility index (Phi) is 10.2. The fraction of sp³-hybridized carbons (Fsp3) is 0.500. The molecule has 0 spiro atoms. The maximum Gasteiger partial charge on any atom is 0.166 e. The van der Waals surface area contributed by atoms with Crippen LogP contribution in [0.1, 0.15) is 51.7 Å². The molecule has 4 aliphatic heterocycles. The van der Waals surface area contributed by atoms with Crippen LogP contribution in [-0.2, 0) is 20.3 Å². The Bertz CT molecular complexity index is 1490. The highest BCUT2D eigenvalue weighted by atomic mass is 35.5. The summed E-state index contributed by atoms with van der Waals surface area (Å²) in [5, 5.41) is 2.35. The zero-order chi connectivity index (χ0) is 32.6. The Morgan fingerprint density at radius 2 is 0.957 bits per heavy atom. The molecule has 0 atom stereocenters. The van der Waals surface area contributed by atoms with Crippen molar-refractivity contribution in [2.75, 3.05) is 75.5 Å². The van der Waals surface area contributed by atoms with E-state index in [4.69, 9.17) is 55.9 Å². The second-order valence-electron chi connectivity index (χ2n) is 13.5. The number of unbranched alkanes of at least 4 members (excludes halogenated alkanes) is 1. The van der Waals surface area contributed by atoms with E-state index in [0.29, 0.717) is 20.1 Å². The molecule has 0 unspecified atom stereocenters. The SMILES string of the molecule is CC1(C)C(=CC=[N+]2CCOCC2)N(CCCCN2C(=CC=[N+]3CCOCC3)C(C)(C)c3cc(Cl)c(Cl)cc32)c2cc(Cl)c(Cl)cc21. The number of ether oxygens (including phenoxy) is 2. The molecular weight excluding hydrogens is 662 g/mol. The molecule has 246 valence electrons. The molecule has 0 bridgehead atoms. The van der Waals surface area contributed by atoms with Gasteiger partial charge in [-0.2, -0.15) is 0 Å². The van der Waals surface area contributed by atoms with Gasteiger partial charge in [0.05, 0.1) is 20.1 Å². The van der Waals surface area contributed by atoms with Crippen LogP contribution in [0.25, 0.3) is 0 Å². The Morgan fingerprint density at radius 1 is 0.609 bits per heavy atom. The summed E-state index contributed by atoms with van der Waals surface area (Å²) in [4.78, 5) is 4.88. The lowest BCUT2D eigenvalue weighted by Crippen LogP contribution is -2.31. The smallest absolute Gasteiger partial charge is 0.166 e. The highest BCUT2D eigenvalue weighted by molar-refractivity contribution is 6.42. The first-order valence-corrected chi connectivity index (χ1v) is 17.8. The molecule has 6 nitrogen and oxygen atoms in total. The predicted molar refractivity (Wildman–Crippen MR) is 193 cm³/mol. The number of anilines is 2. The molecule has 6 rings (SSSR count). The first kappa shape index (κ1) is 33.8. The van der Waals surface area contributed by atoms with Gasteiger partial charge >= 0.3 is 0 Å². The maximum absolute atomic E-state index is 6.59. The van der Waals surface area contributed by atoms with Gasteiger partial charge in [-0.25, -0.2) is 9.15 Å². The number of hydrogen-bond acceptors (Lipinski definition) is 4. The number of nitrogens with zero attached hydrogens (tertiary/aromatic N) is 4. The Balaban J connectivity index is 1.26. The summed E-state index contributed by atoms with van der Waals surface area (Å²) in [6, 6.07) is 8.15. The molecule has 0 saturated carbocycles. The van der Waals surface area contributed by atoms with E-state index < -0.39 is 0 Å². The molecule has 0 aliphatic carbocycles. The van der Waals surface area contributed by atoms with Crippen molar-refractivity contribution in [3.8, 4) is 0 Å². The van der Waals surface area contributed by atoms with Gasteiger partial charge in [-0.05, 0) is 48.2 Å². The minimum Gasteiger partial charge on any atom is -0.368 e. The van der Waals surface area contributed by atoms with Crippen LogP contribution in [0.4, 0.5) is 11.4 Å². The van der Waals surface area contributed by atoms with Crippen LogP contribution in [0.5, 0.6) is 0 Å². The van der Waals surface area contributed by atoms with Crippen LogP contribution in [-0.4, -0.2) is 87.3 Å². The number of halogens is 4. The fourth-order valence-corrected chi connectivity index (χ4v) is 7.80. The van der Waals surface area contributed by atoms with Gasteiger partial charge in [-0.1, -0.05) is 74.1 Å². The molecule has 2 aromatic carbocycles.